The normalized spacial score (nSPS) is 13.4. The minimum absolute atomic E-state index is 0.417. The Morgan fingerprint density at radius 3 is 2.43 bits per heavy atom. The van der Waals surface area contributed by atoms with Crippen LogP contribution in [0, 0.1) is 7.05 Å². The molecule has 0 bridgehead atoms. The summed E-state index contributed by atoms with van der Waals surface area (Å²) in [5, 5.41) is 9.50. The second-order valence-electron chi connectivity index (χ2n) is 1.36. The lowest BCUT2D eigenvalue weighted by Gasteiger charge is -2.02. The van der Waals surface area contributed by atoms with E-state index in [1.165, 1.54) is 5.32 Å². The molecule has 1 unspecified atom stereocenters. The van der Waals surface area contributed by atoms with Gasteiger partial charge in [-0.15, -0.1) is 0 Å². The number of rotatable bonds is 2. The van der Waals surface area contributed by atoms with Gasteiger partial charge in [0.2, 0.25) is 0 Å². The quantitative estimate of drug-likeness (QED) is 0.432. The minimum atomic E-state index is -0.824. The summed E-state index contributed by atoms with van der Waals surface area (Å²) in [7, 11) is 3.30. The Morgan fingerprint density at radius 1 is 2.00 bits per heavy atom. The van der Waals surface area contributed by atoms with E-state index in [9.17, 15) is 4.79 Å². The molecule has 3 nitrogen and oxygen atoms in total. The second-order valence-corrected chi connectivity index (χ2v) is 1.36. The summed E-state index contributed by atoms with van der Waals surface area (Å²) in [5.74, 6) is -0.824. The van der Waals surface area contributed by atoms with Gasteiger partial charge in [-0.2, -0.15) is 7.05 Å². The van der Waals surface area contributed by atoms with Crippen molar-refractivity contribution in [3.8, 4) is 0 Å². The summed E-state index contributed by atoms with van der Waals surface area (Å²) in [5.41, 5.74) is 0. The van der Waals surface area contributed by atoms with Crippen LogP contribution >= 0.6 is 0 Å². The van der Waals surface area contributed by atoms with E-state index in [-0.39, 0.29) is 0 Å². The third-order valence-corrected chi connectivity index (χ3v) is 0.743. The van der Waals surface area contributed by atoms with E-state index in [0.29, 0.717) is 0 Å². The summed E-state index contributed by atoms with van der Waals surface area (Å²) in [6, 6.07) is -0.417. The number of carboxylic acid groups (broad SMARTS) is 1. The zero-order chi connectivity index (χ0) is 5.86. The van der Waals surface area contributed by atoms with E-state index in [2.05, 4.69) is 7.05 Å². The highest BCUT2D eigenvalue weighted by molar-refractivity contribution is 5.70. The van der Waals surface area contributed by atoms with Gasteiger partial charge in [0.25, 0.3) is 0 Å². The summed E-state index contributed by atoms with van der Waals surface area (Å²) in [6.07, 6.45) is 0. The number of hydrogen-bond donors (Lipinski definition) is 2. The molecule has 3 N–H and O–H groups in total. The fraction of sp³-hybridized carbons (Fsp3) is 0.500. The first-order chi connectivity index (χ1) is 3.18. The maximum atomic E-state index is 9.86. The molecule has 0 radical (unpaired) electrons. The van der Waals surface area contributed by atoms with Crippen LogP contribution in [0.25, 0.3) is 0 Å². The predicted molar refractivity (Wildman–Crippen MR) is 24.4 cm³/mol. The molecule has 0 aliphatic carbocycles. The van der Waals surface area contributed by atoms with Crippen molar-refractivity contribution < 1.29 is 15.2 Å². The Kier molecular flexibility index (Phi) is 2.37. The molecule has 0 aliphatic rings. The molecular formula is C4H9NO2. The molecule has 0 saturated carbocycles. The van der Waals surface area contributed by atoms with Crippen molar-refractivity contribution in [2.75, 3.05) is 0 Å². The standard InChI is InChI=1S/C4H9NO2/c1-3(5-2)4(6)7/h3H,2,5H2,1H3,(H,6,7). The molecule has 0 aromatic carbocycles. The number of carboxylic acids is 1. The van der Waals surface area contributed by atoms with Crippen LogP contribution in [0.5, 0.6) is 0 Å². The van der Waals surface area contributed by atoms with Gasteiger partial charge in [0.15, 0.2) is 6.04 Å². The average molecular weight is 103 g/mol. The SMILES string of the molecule is [CH2-][NH2+]C(C)C(=O)O. The van der Waals surface area contributed by atoms with Crippen molar-refractivity contribution in [3.63, 3.8) is 0 Å². The van der Waals surface area contributed by atoms with Crippen molar-refractivity contribution in [1.29, 1.82) is 0 Å². The van der Waals surface area contributed by atoms with E-state index in [4.69, 9.17) is 5.11 Å². The van der Waals surface area contributed by atoms with Gasteiger partial charge < -0.3 is 10.4 Å². The maximum absolute atomic E-state index is 9.86. The first-order valence-corrected chi connectivity index (χ1v) is 2.04. The van der Waals surface area contributed by atoms with Crippen molar-refractivity contribution in [1.82, 2.24) is 0 Å². The molecule has 0 fully saturated rings. The highest BCUT2D eigenvalue weighted by atomic mass is 16.4. The molecule has 0 amide bonds. The molecule has 0 heterocycles. The van der Waals surface area contributed by atoms with Crippen LogP contribution in [0.4, 0.5) is 0 Å². The van der Waals surface area contributed by atoms with Crippen molar-refractivity contribution in [2.24, 2.45) is 0 Å². The van der Waals surface area contributed by atoms with Gasteiger partial charge in [-0.05, 0) is 6.92 Å². The first-order valence-electron chi connectivity index (χ1n) is 2.04. The number of carbonyl (C=O) groups is 1. The van der Waals surface area contributed by atoms with E-state index >= 15 is 0 Å². The molecule has 0 aromatic rings. The average Bonchev–Trinajstić information content (AvgIpc) is 1.65. The Bertz CT molecular complexity index is 72.1. The van der Waals surface area contributed by atoms with E-state index in [0.717, 1.165) is 0 Å². The molecule has 7 heavy (non-hydrogen) atoms. The lowest BCUT2D eigenvalue weighted by atomic mass is 10.4. The Morgan fingerprint density at radius 2 is 2.43 bits per heavy atom. The maximum Gasteiger partial charge on any atom is 0.359 e. The van der Waals surface area contributed by atoms with Gasteiger partial charge >= 0.3 is 5.97 Å². The fourth-order valence-electron chi connectivity index (χ4n) is 0.101. The van der Waals surface area contributed by atoms with Gasteiger partial charge in [-0.25, -0.2) is 4.79 Å². The molecule has 3 heteroatoms. The van der Waals surface area contributed by atoms with Crippen LogP contribution in [-0.2, 0) is 4.79 Å². The van der Waals surface area contributed by atoms with Crippen LogP contribution in [0.1, 0.15) is 6.92 Å². The monoisotopic (exact) mass is 103 g/mol. The van der Waals surface area contributed by atoms with E-state index < -0.39 is 12.0 Å². The van der Waals surface area contributed by atoms with Crippen LogP contribution in [0.3, 0.4) is 0 Å². The summed E-state index contributed by atoms with van der Waals surface area (Å²) in [4.78, 5) is 9.86. The lowest BCUT2D eigenvalue weighted by Crippen LogP contribution is -2.85. The highest BCUT2D eigenvalue weighted by Crippen LogP contribution is 1.66. The van der Waals surface area contributed by atoms with Gasteiger partial charge in [0, 0.05) is 0 Å². The topological polar surface area (TPSA) is 53.9 Å². The molecule has 0 aromatic heterocycles. The van der Waals surface area contributed by atoms with Gasteiger partial charge in [-0.1, -0.05) is 0 Å². The number of aliphatic carboxylic acids is 1. The Balaban J connectivity index is 3.34. The molecule has 0 aliphatic heterocycles. The van der Waals surface area contributed by atoms with E-state index in [1.807, 2.05) is 0 Å². The molecule has 1 atom stereocenters. The summed E-state index contributed by atoms with van der Waals surface area (Å²) < 4.78 is 0. The van der Waals surface area contributed by atoms with Gasteiger partial charge in [0.05, 0.1) is 0 Å². The number of hydrogen-bond acceptors (Lipinski definition) is 1. The molecule has 0 rings (SSSR count). The van der Waals surface area contributed by atoms with E-state index in [1.54, 1.807) is 6.92 Å². The van der Waals surface area contributed by atoms with Crippen LogP contribution in [0.2, 0.25) is 0 Å². The van der Waals surface area contributed by atoms with Crippen molar-refractivity contribution in [2.45, 2.75) is 13.0 Å². The van der Waals surface area contributed by atoms with Crippen LogP contribution < -0.4 is 5.32 Å². The predicted octanol–water partition coefficient (Wildman–Crippen LogP) is -1.19. The van der Waals surface area contributed by atoms with Crippen LogP contribution in [0.15, 0.2) is 0 Å². The van der Waals surface area contributed by atoms with Gasteiger partial charge in [-0.3, -0.25) is 0 Å². The lowest BCUT2D eigenvalue weighted by molar-refractivity contribution is -0.618. The van der Waals surface area contributed by atoms with Crippen molar-refractivity contribution >= 4 is 5.97 Å². The number of nitrogens with two attached hydrogens (primary N) is 1. The Labute approximate surface area is 42.3 Å². The Hall–Kier alpha value is -0.570. The fourth-order valence-corrected chi connectivity index (χ4v) is 0.101. The zero-order valence-corrected chi connectivity index (χ0v) is 4.22. The summed E-state index contributed by atoms with van der Waals surface area (Å²) >= 11 is 0. The smallest absolute Gasteiger partial charge is 0.359 e. The zero-order valence-electron chi connectivity index (χ0n) is 4.22. The molecule has 0 spiro atoms. The third kappa shape index (κ3) is 2.17. The summed E-state index contributed by atoms with van der Waals surface area (Å²) in [6.45, 7) is 1.58. The van der Waals surface area contributed by atoms with Gasteiger partial charge in [0.1, 0.15) is 0 Å². The highest BCUT2D eigenvalue weighted by Gasteiger charge is 2.06. The second kappa shape index (κ2) is 2.58. The third-order valence-electron chi connectivity index (χ3n) is 0.743. The number of quaternary nitrogens is 1. The molecule has 42 valence electrons. The van der Waals surface area contributed by atoms with Crippen LogP contribution in [-0.4, -0.2) is 17.1 Å². The first kappa shape index (κ1) is 6.43. The van der Waals surface area contributed by atoms with Crippen molar-refractivity contribution in [3.05, 3.63) is 7.05 Å². The minimum Gasteiger partial charge on any atom is -0.477 e. The molecule has 0 saturated heterocycles. The molecular weight excluding hydrogens is 94.0 g/mol. The largest absolute Gasteiger partial charge is 0.477 e.